The number of hydrogen-bond donors (Lipinski definition) is 1. The maximum Gasteiger partial charge on any atom is 0.418 e. The quantitative estimate of drug-likeness (QED) is 0.587. The molecule has 0 unspecified atom stereocenters. The summed E-state index contributed by atoms with van der Waals surface area (Å²) in [5, 5.41) is 2.48. The van der Waals surface area contributed by atoms with Gasteiger partial charge < -0.3 is 19.9 Å². The molecule has 0 aromatic heterocycles. The van der Waals surface area contributed by atoms with Gasteiger partial charge in [-0.3, -0.25) is 4.79 Å². The molecule has 2 aromatic rings. The van der Waals surface area contributed by atoms with E-state index < -0.39 is 17.6 Å². The monoisotopic (exact) mass is 475 g/mol. The minimum absolute atomic E-state index is 0.0877. The van der Waals surface area contributed by atoms with E-state index in [1.54, 1.807) is 6.07 Å². The van der Waals surface area contributed by atoms with Crippen LogP contribution in [-0.4, -0.2) is 50.1 Å². The lowest BCUT2D eigenvalue weighted by atomic mass is 10.1. The molecule has 4 rings (SSSR count). The summed E-state index contributed by atoms with van der Waals surface area (Å²) in [4.78, 5) is 16.6. The Labute approximate surface area is 198 Å². The van der Waals surface area contributed by atoms with Crippen molar-refractivity contribution in [2.45, 2.75) is 50.8 Å². The van der Waals surface area contributed by atoms with Gasteiger partial charge in [0.2, 0.25) is 5.91 Å². The minimum Gasteiger partial charge on any atom is -0.490 e. The highest BCUT2D eigenvalue weighted by Crippen LogP contribution is 2.37. The number of carbonyl (C=O) groups is 1. The van der Waals surface area contributed by atoms with Gasteiger partial charge in [0.25, 0.3) is 0 Å². The van der Waals surface area contributed by atoms with Crippen LogP contribution in [-0.2, 0) is 17.4 Å². The van der Waals surface area contributed by atoms with Crippen LogP contribution in [0.4, 0.5) is 24.5 Å². The van der Waals surface area contributed by atoms with Crippen molar-refractivity contribution < 1.29 is 22.7 Å². The minimum atomic E-state index is -4.56. The molecule has 5 nitrogen and oxygen atoms in total. The number of piperazine rings is 1. The molecule has 2 fully saturated rings. The van der Waals surface area contributed by atoms with Gasteiger partial charge in [-0.1, -0.05) is 12.1 Å². The van der Waals surface area contributed by atoms with Crippen molar-refractivity contribution in [2.75, 3.05) is 43.4 Å². The number of alkyl halides is 3. The van der Waals surface area contributed by atoms with Crippen LogP contribution < -0.4 is 15.0 Å². The van der Waals surface area contributed by atoms with Gasteiger partial charge in [0.1, 0.15) is 5.75 Å². The van der Waals surface area contributed by atoms with E-state index in [0.717, 1.165) is 43.3 Å². The van der Waals surface area contributed by atoms with E-state index in [2.05, 4.69) is 10.2 Å². The van der Waals surface area contributed by atoms with E-state index in [4.69, 9.17) is 4.74 Å². The molecule has 1 aliphatic carbocycles. The molecule has 184 valence electrons. The average Bonchev–Trinajstić information content (AvgIpc) is 3.31. The molecule has 1 saturated carbocycles. The summed E-state index contributed by atoms with van der Waals surface area (Å²) in [7, 11) is 2.00. The predicted molar refractivity (Wildman–Crippen MR) is 127 cm³/mol. The highest BCUT2D eigenvalue weighted by molar-refractivity contribution is 5.92. The molecular weight excluding hydrogens is 443 g/mol. The summed E-state index contributed by atoms with van der Waals surface area (Å²) in [5.41, 5.74) is 0.433. The number of halogens is 3. The molecular formula is C26H32F3N3O2. The third kappa shape index (κ3) is 6.44. The first-order chi connectivity index (χ1) is 16.3. The number of ether oxygens (including phenoxy) is 1. The molecule has 1 saturated heterocycles. The molecule has 0 atom stereocenters. The van der Waals surface area contributed by atoms with E-state index in [-0.39, 0.29) is 18.2 Å². The van der Waals surface area contributed by atoms with Crippen LogP contribution in [0.25, 0.3) is 0 Å². The largest absolute Gasteiger partial charge is 0.490 e. The second-order valence-electron chi connectivity index (χ2n) is 9.24. The number of nitrogens with one attached hydrogen (secondary N) is 1. The van der Waals surface area contributed by atoms with Gasteiger partial charge >= 0.3 is 6.18 Å². The van der Waals surface area contributed by atoms with Crippen LogP contribution in [0.1, 0.15) is 43.2 Å². The Kier molecular flexibility index (Phi) is 7.66. The van der Waals surface area contributed by atoms with Crippen molar-refractivity contribution in [3.8, 4) is 5.75 Å². The van der Waals surface area contributed by atoms with Crippen LogP contribution in [0.3, 0.4) is 0 Å². The number of anilines is 2. The van der Waals surface area contributed by atoms with Gasteiger partial charge in [-0.05, 0) is 75.0 Å². The molecule has 34 heavy (non-hydrogen) atoms. The van der Waals surface area contributed by atoms with Crippen molar-refractivity contribution in [3.63, 3.8) is 0 Å². The summed E-state index contributed by atoms with van der Waals surface area (Å²) in [6.45, 7) is 2.94. The Hall–Kier alpha value is -2.74. The molecule has 1 amide bonds. The number of aryl methyl sites for hydroxylation is 1. The van der Waals surface area contributed by atoms with Crippen LogP contribution in [0, 0.1) is 0 Å². The van der Waals surface area contributed by atoms with Crippen LogP contribution in [0.5, 0.6) is 5.75 Å². The average molecular weight is 476 g/mol. The first kappa shape index (κ1) is 24.4. The third-order valence-corrected chi connectivity index (χ3v) is 6.60. The standard InChI is InChI=1S/C26H32F3N3O2/c1-31-13-15-32(16-14-31)20-10-11-24(23(18-20)26(27,28)29)30-25(33)12-9-19-5-4-8-22(17-19)34-21-6-2-3-7-21/h4-5,8,10-11,17-18,21H,2-3,6-7,9,12-16H2,1H3,(H,30,33). The number of rotatable bonds is 7. The zero-order valence-corrected chi connectivity index (χ0v) is 19.5. The maximum absolute atomic E-state index is 13.8. The Morgan fingerprint density at radius 3 is 2.50 bits per heavy atom. The first-order valence-corrected chi connectivity index (χ1v) is 12.0. The number of hydrogen-bond acceptors (Lipinski definition) is 4. The van der Waals surface area contributed by atoms with Gasteiger partial charge in [0, 0.05) is 38.3 Å². The van der Waals surface area contributed by atoms with E-state index >= 15 is 0 Å². The number of nitrogens with zero attached hydrogens (tertiary/aromatic N) is 2. The summed E-state index contributed by atoms with van der Waals surface area (Å²) in [6.07, 6.45) is 0.675. The van der Waals surface area contributed by atoms with Gasteiger partial charge in [-0.15, -0.1) is 0 Å². The van der Waals surface area contributed by atoms with Gasteiger partial charge in [0.05, 0.1) is 17.4 Å². The number of benzene rings is 2. The smallest absolute Gasteiger partial charge is 0.418 e. The summed E-state index contributed by atoms with van der Waals surface area (Å²) in [6, 6.07) is 11.8. The fraction of sp³-hybridized carbons (Fsp3) is 0.500. The molecule has 0 spiro atoms. The van der Waals surface area contributed by atoms with E-state index in [9.17, 15) is 18.0 Å². The normalized spacial score (nSPS) is 17.7. The topological polar surface area (TPSA) is 44.8 Å². The summed E-state index contributed by atoms with van der Waals surface area (Å²) < 4.78 is 47.3. The Morgan fingerprint density at radius 2 is 1.79 bits per heavy atom. The number of likely N-dealkylation sites (N-methyl/N-ethyl adjacent to an activating group) is 1. The zero-order valence-electron chi connectivity index (χ0n) is 19.5. The van der Waals surface area contributed by atoms with E-state index in [1.807, 2.05) is 36.2 Å². The molecule has 2 aliphatic rings. The van der Waals surface area contributed by atoms with Crippen LogP contribution >= 0.6 is 0 Å². The molecule has 1 heterocycles. The lowest BCUT2D eigenvalue weighted by molar-refractivity contribution is -0.136. The highest BCUT2D eigenvalue weighted by Gasteiger charge is 2.35. The van der Waals surface area contributed by atoms with E-state index in [1.165, 1.54) is 18.9 Å². The molecule has 0 radical (unpaired) electrons. The fourth-order valence-corrected chi connectivity index (χ4v) is 4.58. The van der Waals surface area contributed by atoms with E-state index in [0.29, 0.717) is 25.2 Å². The summed E-state index contributed by atoms with van der Waals surface area (Å²) in [5.74, 6) is 0.337. The second kappa shape index (κ2) is 10.7. The predicted octanol–water partition coefficient (Wildman–Crippen LogP) is 5.35. The lowest BCUT2D eigenvalue weighted by Crippen LogP contribution is -2.44. The number of amides is 1. The maximum atomic E-state index is 13.8. The SMILES string of the molecule is CN1CCN(c2ccc(NC(=O)CCc3cccc(OC4CCCC4)c3)c(C(F)(F)F)c2)CC1. The molecule has 1 N–H and O–H groups in total. The Balaban J connectivity index is 1.38. The van der Waals surface area contributed by atoms with Crippen molar-refractivity contribution in [1.82, 2.24) is 4.90 Å². The van der Waals surface area contributed by atoms with Crippen LogP contribution in [0.15, 0.2) is 42.5 Å². The molecule has 0 bridgehead atoms. The summed E-state index contributed by atoms with van der Waals surface area (Å²) >= 11 is 0. The van der Waals surface area contributed by atoms with Crippen molar-refractivity contribution >= 4 is 17.3 Å². The van der Waals surface area contributed by atoms with Crippen molar-refractivity contribution in [1.29, 1.82) is 0 Å². The molecule has 8 heteroatoms. The Bertz CT molecular complexity index is 981. The van der Waals surface area contributed by atoms with Gasteiger partial charge in [-0.25, -0.2) is 0 Å². The van der Waals surface area contributed by atoms with Crippen molar-refractivity contribution in [3.05, 3.63) is 53.6 Å². The molecule has 1 aliphatic heterocycles. The van der Waals surface area contributed by atoms with Gasteiger partial charge in [0.15, 0.2) is 0 Å². The fourth-order valence-electron chi connectivity index (χ4n) is 4.58. The zero-order chi connectivity index (χ0) is 24.1. The number of carbonyl (C=O) groups excluding carboxylic acids is 1. The highest BCUT2D eigenvalue weighted by atomic mass is 19.4. The van der Waals surface area contributed by atoms with Gasteiger partial charge in [-0.2, -0.15) is 13.2 Å². The lowest BCUT2D eigenvalue weighted by Gasteiger charge is -2.34. The third-order valence-electron chi connectivity index (χ3n) is 6.60. The second-order valence-corrected chi connectivity index (χ2v) is 9.24. The van der Waals surface area contributed by atoms with Crippen molar-refractivity contribution in [2.24, 2.45) is 0 Å². The first-order valence-electron chi connectivity index (χ1n) is 12.0. The Morgan fingerprint density at radius 1 is 1.06 bits per heavy atom. The molecule has 2 aromatic carbocycles. The van der Waals surface area contributed by atoms with Crippen LogP contribution in [0.2, 0.25) is 0 Å².